The van der Waals surface area contributed by atoms with Crippen LogP contribution in [0, 0.1) is 0 Å². The average molecular weight is 224 g/mol. The second kappa shape index (κ2) is 6.40. The van der Waals surface area contributed by atoms with Gasteiger partial charge in [0.2, 0.25) is 0 Å². The Balaban J connectivity index is 2.57. The van der Waals surface area contributed by atoms with Crippen LogP contribution in [0.5, 0.6) is 0 Å². The standard InChI is InChI=1S/C12H16O4/c13-8-11(15)12(16)10(14)7-6-9-4-2-1-3-5-9/h1-7,10-16H,8H2/b7-6+/t10-,11+,12+/m0/s1. The lowest BCUT2D eigenvalue weighted by Gasteiger charge is -2.18. The van der Waals surface area contributed by atoms with E-state index >= 15 is 0 Å². The smallest absolute Gasteiger partial charge is 0.112 e. The monoisotopic (exact) mass is 224 g/mol. The van der Waals surface area contributed by atoms with Gasteiger partial charge in [-0.05, 0) is 5.56 Å². The lowest BCUT2D eigenvalue weighted by Crippen LogP contribution is -2.38. The van der Waals surface area contributed by atoms with E-state index in [1.54, 1.807) is 6.08 Å². The summed E-state index contributed by atoms with van der Waals surface area (Å²) in [7, 11) is 0. The molecule has 4 nitrogen and oxygen atoms in total. The Hall–Kier alpha value is -1.20. The van der Waals surface area contributed by atoms with Crippen LogP contribution in [0.3, 0.4) is 0 Å². The third kappa shape index (κ3) is 3.75. The lowest BCUT2D eigenvalue weighted by molar-refractivity contribution is -0.0608. The molecular weight excluding hydrogens is 208 g/mol. The van der Waals surface area contributed by atoms with E-state index in [9.17, 15) is 10.2 Å². The molecule has 0 heterocycles. The van der Waals surface area contributed by atoms with Crippen molar-refractivity contribution in [2.45, 2.75) is 18.3 Å². The van der Waals surface area contributed by atoms with Crippen molar-refractivity contribution < 1.29 is 20.4 Å². The van der Waals surface area contributed by atoms with Gasteiger partial charge in [0, 0.05) is 0 Å². The zero-order valence-electron chi connectivity index (χ0n) is 8.77. The molecule has 1 rings (SSSR count). The van der Waals surface area contributed by atoms with E-state index in [-0.39, 0.29) is 0 Å². The first-order valence-corrected chi connectivity index (χ1v) is 5.03. The van der Waals surface area contributed by atoms with Gasteiger partial charge in [-0.25, -0.2) is 0 Å². The fourth-order valence-corrected chi connectivity index (χ4v) is 1.22. The molecule has 4 heteroatoms. The topological polar surface area (TPSA) is 80.9 Å². The van der Waals surface area contributed by atoms with Gasteiger partial charge in [0.05, 0.1) is 6.61 Å². The number of rotatable bonds is 5. The van der Waals surface area contributed by atoms with Crippen LogP contribution >= 0.6 is 0 Å². The summed E-state index contributed by atoms with van der Waals surface area (Å²) in [6.07, 6.45) is -0.917. The molecule has 0 spiro atoms. The molecule has 1 aromatic rings. The number of aliphatic hydroxyl groups is 4. The van der Waals surface area contributed by atoms with Gasteiger partial charge in [-0.1, -0.05) is 42.5 Å². The van der Waals surface area contributed by atoms with E-state index < -0.39 is 24.9 Å². The molecule has 1 aromatic carbocycles. The van der Waals surface area contributed by atoms with Crippen molar-refractivity contribution in [3.8, 4) is 0 Å². The molecule has 88 valence electrons. The van der Waals surface area contributed by atoms with Gasteiger partial charge in [-0.3, -0.25) is 0 Å². The molecular formula is C12H16O4. The summed E-state index contributed by atoms with van der Waals surface area (Å²) in [5.41, 5.74) is 0.882. The molecule has 0 aliphatic heterocycles. The molecule has 0 amide bonds. The molecule has 0 saturated heterocycles. The highest BCUT2D eigenvalue weighted by Crippen LogP contribution is 2.06. The van der Waals surface area contributed by atoms with E-state index in [0.717, 1.165) is 5.56 Å². The van der Waals surface area contributed by atoms with Crippen molar-refractivity contribution in [3.05, 3.63) is 42.0 Å². The highest BCUT2D eigenvalue weighted by Gasteiger charge is 2.21. The minimum Gasteiger partial charge on any atom is -0.394 e. The third-order valence-electron chi connectivity index (χ3n) is 2.22. The summed E-state index contributed by atoms with van der Waals surface area (Å²) in [4.78, 5) is 0. The summed E-state index contributed by atoms with van der Waals surface area (Å²) in [6.45, 7) is -0.586. The summed E-state index contributed by atoms with van der Waals surface area (Å²) in [5, 5.41) is 36.5. The lowest BCUT2D eigenvalue weighted by atomic mass is 10.1. The molecule has 0 aliphatic rings. The van der Waals surface area contributed by atoms with Crippen LogP contribution in [0.1, 0.15) is 5.56 Å². The van der Waals surface area contributed by atoms with Crippen molar-refractivity contribution in [2.75, 3.05) is 6.61 Å². The fourth-order valence-electron chi connectivity index (χ4n) is 1.22. The zero-order chi connectivity index (χ0) is 12.0. The van der Waals surface area contributed by atoms with Crippen LogP contribution in [-0.4, -0.2) is 45.3 Å². The predicted octanol–water partition coefficient (Wildman–Crippen LogP) is -0.225. The van der Waals surface area contributed by atoms with Gasteiger partial charge >= 0.3 is 0 Å². The van der Waals surface area contributed by atoms with Crippen molar-refractivity contribution in [2.24, 2.45) is 0 Å². The van der Waals surface area contributed by atoms with Gasteiger partial charge in [-0.2, -0.15) is 0 Å². The molecule has 0 aliphatic carbocycles. The minimum absolute atomic E-state index is 0.586. The maximum Gasteiger partial charge on any atom is 0.112 e. The number of benzene rings is 1. The Kier molecular flexibility index (Phi) is 5.14. The van der Waals surface area contributed by atoms with E-state index in [1.807, 2.05) is 30.3 Å². The van der Waals surface area contributed by atoms with Crippen LogP contribution in [0.2, 0.25) is 0 Å². The summed E-state index contributed by atoms with van der Waals surface area (Å²) >= 11 is 0. The Morgan fingerprint density at radius 1 is 1.06 bits per heavy atom. The first-order valence-electron chi connectivity index (χ1n) is 5.03. The van der Waals surface area contributed by atoms with Crippen LogP contribution in [0.15, 0.2) is 36.4 Å². The van der Waals surface area contributed by atoms with E-state index in [2.05, 4.69) is 0 Å². The molecule has 3 atom stereocenters. The maximum absolute atomic E-state index is 9.47. The fraction of sp³-hybridized carbons (Fsp3) is 0.333. The second-order valence-corrected chi connectivity index (χ2v) is 3.50. The van der Waals surface area contributed by atoms with Gasteiger partial charge in [0.15, 0.2) is 0 Å². The molecule has 0 radical (unpaired) electrons. The van der Waals surface area contributed by atoms with Crippen molar-refractivity contribution in [1.82, 2.24) is 0 Å². The normalized spacial score (nSPS) is 17.2. The molecule has 0 saturated carbocycles. The summed E-state index contributed by atoms with van der Waals surface area (Å²) in [6, 6.07) is 9.27. The van der Waals surface area contributed by atoms with E-state index in [1.165, 1.54) is 6.08 Å². The number of aliphatic hydroxyl groups excluding tert-OH is 4. The Bertz CT molecular complexity index is 323. The zero-order valence-corrected chi connectivity index (χ0v) is 8.77. The largest absolute Gasteiger partial charge is 0.394 e. The predicted molar refractivity (Wildman–Crippen MR) is 60.6 cm³/mol. The van der Waals surface area contributed by atoms with Crippen LogP contribution in [0.4, 0.5) is 0 Å². The van der Waals surface area contributed by atoms with Gasteiger partial charge in [0.25, 0.3) is 0 Å². The molecule has 0 aromatic heterocycles. The quantitative estimate of drug-likeness (QED) is 0.557. The highest BCUT2D eigenvalue weighted by atomic mass is 16.4. The molecule has 0 fully saturated rings. The van der Waals surface area contributed by atoms with E-state index in [0.29, 0.717) is 0 Å². The van der Waals surface area contributed by atoms with Crippen LogP contribution < -0.4 is 0 Å². The first-order chi connectivity index (χ1) is 7.65. The summed E-state index contributed by atoms with van der Waals surface area (Å²) < 4.78 is 0. The van der Waals surface area contributed by atoms with Crippen LogP contribution in [-0.2, 0) is 0 Å². The number of hydrogen-bond acceptors (Lipinski definition) is 4. The highest BCUT2D eigenvalue weighted by molar-refractivity contribution is 5.49. The van der Waals surface area contributed by atoms with E-state index in [4.69, 9.17) is 10.2 Å². The van der Waals surface area contributed by atoms with Crippen LogP contribution in [0.25, 0.3) is 6.08 Å². The second-order valence-electron chi connectivity index (χ2n) is 3.50. The Labute approximate surface area is 94.1 Å². The average Bonchev–Trinajstić information content (AvgIpc) is 2.35. The molecule has 4 N–H and O–H groups in total. The van der Waals surface area contributed by atoms with Crippen molar-refractivity contribution >= 4 is 6.08 Å². The minimum atomic E-state index is -1.38. The molecule has 0 bridgehead atoms. The molecule has 0 unspecified atom stereocenters. The Morgan fingerprint density at radius 2 is 1.69 bits per heavy atom. The van der Waals surface area contributed by atoms with Gasteiger partial charge < -0.3 is 20.4 Å². The van der Waals surface area contributed by atoms with Gasteiger partial charge in [0.1, 0.15) is 18.3 Å². The van der Waals surface area contributed by atoms with Crippen molar-refractivity contribution in [1.29, 1.82) is 0 Å². The number of hydrogen-bond donors (Lipinski definition) is 4. The Morgan fingerprint density at radius 3 is 2.25 bits per heavy atom. The molecule has 16 heavy (non-hydrogen) atoms. The van der Waals surface area contributed by atoms with Crippen molar-refractivity contribution in [3.63, 3.8) is 0 Å². The summed E-state index contributed by atoms with van der Waals surface area (Å²) in [5.74, 6) is 0. The first kappa shape index (κ1) is 12.9. The maximum atomic E-state index is 9.47. The third-order valence-corrected chi connectivity index (χ3v) is 2.22. The SMILES string of the molecule is OC[C@@H](O)[C@H](O)[C@@H](O)/C=C/c1ccccc1. The van der Waals surface area contributed by atoms with Gasteiger partial charge in [-0.15, -0.1) is 0 Å².